The minimum Gasteiger partial charge on any atom is -0.458 e. The Bertz CT molecular complexity index is 1300. The topological polar surface area (TPSA) is 146 Å². The van der Waals surface area contributed by atoms with Crippen molar-refractivity contribution in [2.45, 2.75) is 90.5 Å². The summed E-state index contributed by atoms with van der Waals surface area (Å²) in [6.45, 7) is 9.36. The van der Waals surface area contributed by atoms with E-state index in [1.165, 1.54) is 13.8 Å². The Hall–Kier alpha value is -3.08. The Kier molecular flexibility index (Phi) is 7.19. The summed E-state index contributed by atoms with van der Waals surface area (Å²) in [6.07, 6.45) is -5.48. The molecule has 1 aliphatic heterocycles. The number of fused-ring (bicyclic) bond motifs is 5. The van der Waals surface area contributed by atoms with Gasteiger partial charge in [-0.05, 0) is 49.0 Å². The molecule has 9 atom stereocenters. The van der Waals surface area contributed by atoms with Crippen LogP contribution in [-0.2, 0) is 33.3 Å². The second kappa shape index (κ2) is 10.0. The molecular weight excluding hydrogens is 532 g/mol. The Balaban J connectivity index is 1.79. The van der Waals surface area contributed by atoms with Gasteiger partial charge < -0.3 is 29.2 Å². The van der Waals surface area contributed by atoms with Crippen LogP contribution in [-0.4, -0.2) is 76.6 Å². The quantitative estimate of drug-likeness (QED) is 0.315. The van der Waals surface area contributed by atoms with Crippen LogP contribution in [0.3, 0.4) is 0 Å². The number of esters is 3. The van der Waals surface area contributed by atoms with Crippen molar-refractivity contribution >= 4 is 23.7 Å². The molecule has 2 bridgehead atoms. The van der Waals surface area contributed by atoms with Crippen molar-refractivity contribution in [3.63, 3.8) is 0 Å². The molecule has 2 saturated carbocycles. The molecule has 9 unspecified atom stereocenters. The molecule has 5 rings (SSSR count). The maximum absolute atomic E-state index is 14.8. The van der Waals surface area contributed by atoms with Crippen LogP contribution in [0.25, 0.3) is 0 Å². The molecule has 3 fully saturated rings. The highest BCUT2D eigenvalue weighted by Gasteiger charge is 2.75. The van der Waals surface area contributed by atoms with Crippen molar-refractivity contribution in [3.05, 3.63) is 47.0 Å². The van der Waals surface area contributed by atoms with Crippen molar-refractivity contribution in [2.75, 3.05) is 6.61 Å². The third kappa shape index (κ3) is 4.33. The van der Waals surface area contributed by atoms with Crippen LogP contribution in [0.4, 0.5) is 0 Å². The van der Waals surface area contributed by atoms with Gasteiger partial charge in [-0.3, -0.25) is 14.4 Å². The number of benzene rings is 1. The molecule has 1 aromatic rings. The first-order chi connectivity index (χ1) is 19.2. The Morgan fingerprint density at radius 3 is 2.20 bits per heavy atom. The maximum atomic E-state index is 14.8. The van der Waals surface area contributed by atoms with E-state index in [2.05, 4.69) is 0 Å². The predicted octanol–water partition coefficient (Wildman–Crippen LogP) is 2.54. The van der Waals surface area contributed by atoms with Crippen molar-refractivity contribution in [1.82, 2.24) is 0 Å². The fraction of sp³-hybridized carbons (Fsp3) is 0.613. The van der Waals surface area contributed by atoms with Gasteiger partial charge in [0.2, 0.25) is 0 Å². The van der Waals surface area contributed by atoms with Crippen LogP contribution in [0.15, 0.2) is 41.5 Å². The second-order valence-electron chi connectivity index (χ2n) is 12.6. The van der Waals surface area contributed by atoms with E-state index >= 15 is 0 Å². The zero-order valence-electron chi connectivity index (χ0n) is 24.2. The number of aliphatic hydroxyl groups is 2. The summed E-state index contributed by atoms with van der Waals surface area (Å²) in [4.78, 5) is 53.4. The third-order valence-electron chi connectivity index (χ3n) is 10.0. The SMILES string of the molecule is CC(=O)OC1C(=O)C2(C)C(O)CC3OCC3(OC(C)=O)C2C(OC(=O)c2ccccc2)C2CC(O)C(C)=C1C2(C)C. The van der Waals surface area contributed by atoms with E-state index in [1.54, 1.807) is 44.2 Å². The molecule has 1 heterocycles. The summed E-state index contributed by atoms with van der Waals surface area (Å²) >= 11 is 0. The third-order valence-corrected chi connectivity index (χ3v) is 10.0. The monoisotopic (exact) mass is 570 g/mol. The first-order valence-corrected chi connectivity index (χ1v) is 14.0. The second-order valence-corrected chi connectivity index (χ2v) is 12.6. The van der Waals surface area contributed by atoms with E-state index in [9.17, 15) is 29.4 Å². The van der Waals surface area contributed by atoms with Crippen molar-refractivity contribution < 1.29 is 48.3 Å². The van der Waals surface area contributed by atoms with Gasteiger partial charge in [-0.2, -0.15) is 0 Å². The number of hydrogen-bond acceptors (Lipinski definition) is 10. The van der Waals surface area contributed by atoms with Gasteiger partial charge in [-0.1, -0.05) is 32.0 Å². The lowest BCUT2D eigenvalue weighted by Gasteiger charge is -2.65. The Morgan fingerprint density at radius 1 is 0.976 bits per heavy atom. The molecule has 41 heavy (non-hydrogen) atoms. The number of carbonyl (C=O) groups is 4. The Morgan fingerprint density at radius 2 is 1.63 bits per heavy atom. The van der Waals surface area contributed by atoms with Gasteiger partial charge in [0.05, 0.1) is 35.7 Å². The van der Waals surface area contributed by atoms with Crippen molar-refractivity contribution in [3.8, 4) is 0 Å². The largest absolute Gasteiger partial charge is 0.458 e. The molecule has 222 valence electrons. The molecule has 10 heteroatoms. The van der Waals surface area contributed by atoms with Crippen LogP contribution >= 0.6 is 0 Å². The first-order valence-electron chi connectivity index (χ1n) is 14.0. The van der Waals surface area contributed by atoms with Crippen molar-refractivity contribution in [1.29, 1.82) is 0 Å². The Labute approximate surface area is 239 Å². The van der Waals surface area contributed by atoms with Crippen LogP contribution in [0.5, 0.6) is 0 Å². The minimum absolute atomic E-state index is 0.0210. The molecule has 1 aromatic carbocycles. The van der Waals surface area contributed by atoms with Crippen LogP contribution in [0.1, 0.15) is 64.7 Å². The van der Waals surface area contributed by atoms with Crippen LogP contribution < -0.4 is 0 Å². The van der Waals surface area contributed by atoms with Gasteiger partial charge >= 0.3 is 17.9 Å². The molecule has 0 radical (unpaired) electrons. The predicted molar refractivity (Wildman–Crippen MR) is 143 cm³/mol. The average Bonchev–Trinajstić information content (AvgIpc) is 2.89. The number of ether oxygens (including phenoxy) is 4. The molecule has 10 nitrogen and oxygen atoms in total. The first kappa shape index (κ1) is 29.4. The smallest absolute Gasteiger partial charge is 0.338 e. The summed E-state index contributed by atoms with van der Waals surface area (Å²) in [7, 11) is 0. The van der Waals surface area contributed by atoms with Gasteiger partial charge in [0.1, 0.15) is 12.2 Å². The van der Waals surface area contributed by atoms with Crippen LogP contribution in [0.2, 0.25) is 0 Å². The maximum Gasteiger partial charge on any atom is 0.338 e. The van der Waals surface area contributed by atoms with E-state index in [-0.39, 0.29) is 25.0 Å². The number of hydrogen-bond donors (Lipinski definition) is 2. The van der Waals surface area contributed by atoms with E-state index in [1.807, 2.05) is 13.8 Å². The fourth-order valence-electron chi connectivity index (χ4n) is 7.98. The lowest BCUT2D eigenvalue weighted by molar-refractivity contribution is -0.335. The summed E-state index contributed by atoms with van der Waals surface area (Å²) in [5.74, 6) is -4.30. The summed E-state index contributed by atoms with van der Waals surface area (Å²) in [5.41, 5.74) is -2.84. The molecule has 0 aromatic heterocycles. The number of rotatable bonds is 4. The highest BCUT2D eigenvalue weighted by atomic mass is 16.6. The number of ketones is 1. The number of Topliss-reactive ketones (excluding diaryl/α,β-unsaturated/α-hetero) is 1. The van der Waals surface area contributed by atoms with Gasteiger partial charge in [-0.25, -0.2) is 4.79 Å². The van der Waals surface area contributed by atoms with Crippen molar-refractivity contribution in [2.24, 2.45) is 22.7 Å². The minimum atomic E-state index is -1.69. The van der Waals surface area contributed by atoms with Gasteiger partial charge in [-0.15, -0.1) is 0 Å². The average molecular weight is 571 g/mol. The molecule has 0 amide bonds. The van der Waals surface area contributed by atoms with E-state index in [0.717, 1.165) is 0 Å². The van der Waals surface area contributed by atoms with E-state index in [4.69, 9.17) is 18.9 Å². The summed E-state index contributed by atoms with van der Waals surface area (Å²) < 4.78 is 23.8. The molecule has 1 saturated heterocycles. The zero-order valence-corrected chi connectivity index (χ0v) is 24.2. The fourth-order valence-corrected chi connectivity index (χ4v) is 7.98. The van der Waals surface area contributed by atoms with E-state index in [0.29, 0.717) is 11.1 Å². The highest BCUT2D eigenvalue weighted by Crippen LogP contribution is 2.63. The number of aliphatic hydroxyl groups excluding tert-OH is 2. The van der Waals surface area contributed by atoms with Gasteiger partial charge in [0.15, 0.2) is 17.5 Å². The highest BCUT2D eigenvalue weighted by molar-refractivity contribution is 5.95. The molecule has 4 aliphatic rings. The standard InChI is InChI=1S/C31H38O10/c1-15-20(34)12-19-24(40-28(37)18-10-8-7-9-11-18)26-30(6,21(35)13-22-31(26,14-38-22)41-17(3)33)27(36)25(39-16(2)32)23(15)29(19,4)5/h7-11,19-22,24-26,34-35H,12-14H2,1-6H3. The lowest BCUT2D eigenvalue weighted by atomic mass is 9.46. The van der Waals surface area contributed by atoms with Gasteiger partial charge in [0.25, 0.3) is 0 Å². The van der Waals surface area contributed by atoms with Gasteiger partial charge in [0, 0.05) is 26.2 Å². The lowest BCUT2D eigenvalue weighted by Crippen LogP contribution is -2.79. The molecule has 2 N–H and O–H groups in total. The zero-order chi connectivity index (χ0) is 30.1. The molecular formula is C31H38O10. The number of carbonyl (C=O) groups excluding carboxylic acids is 4. The normalized spacial score (nSPS) is 39.2. The summed E-state index contributed by atoms with van der Waals surface area (Å²) in [5, 5.41) is 22.9. The molecule has 3 aliphatic carbocycles. The summed E-state index contributed by atoms with van der Waals surface area (Å²) in [6, 6.07) is 8.38. The van der Waals surface area contributed by atoms with E-state index < -0.39 is 82.5 Å². The van der Waals surface area contributed by atoms with Crippen LogP contribution in [0, 0.1) is 22.7 Å². The molecule has 0 spiro atoms.